The SMILES string of the molecule is CCCOC(=O)c1[nH]c(C(=O)O)c(C(=O)OC(C)(C)C)c1C. The molecule has 0 saturated heterocycles. The summed E-state index contributed by atoms with van der Waals surface area (Å²) in [6.07, 6.45) is 0.635. The second kappa shape index (κ2) is 6.64. The Bertz CT molecular complexity index is 594. The Balaban J connectivity index is 3.26. The molecule has 0 aliphatic carbocycles. The Morgan fingerprint density at radius 2 is 1.73 bits per heavy atom. The number of aromatic nitrogens is 1. The zero-order valence-electron chi connectivity index (χ0n) is 13.4. The molecule has 1 rings (SSSR count). The number of carboxylic acids is 1. The first kappa shape index (κ1) is 17.7. The Labute approximate surface area is 128 Å². The lowest BCUT2D eigenvalue weighted by Gasteiger charge is -2.19. The number of aromatic carboxylic acids is 1. The number of carbonyl (C=O) groups excluding carboxylic acids is 2. The van der Waals surface area contributed by atoms with Gasteiger partial charge in [0, 0.05) is 0 Å². The minimum atomic E-state index is -1.35. The number of esters is 2. The van der Waals surface area contributed by atoms with E-state index >= 15 is 0 Å². The lowest BCUT2D eigenvalue weighted by Crippen LogP contribution is -2.25. The van der Waals surface area contributed by atoms with E-state index in [2.05, 4.69) is 4.98 Å². The lowest BCUT2D eigenvalue weighted by atomic mass is 10.1. The van der Waals surface area contributed by atoms with E-state index in [4.69, 9.17) is 9.47 Å². The van der Waals surface area contributed by atoms with Crippen LogP contribution in [0.3, 0.4) is 0 Å². The normalized spacial score (nSPS) is 11.1. The van der Waals surface area contributed by atoms with Gasteiger partial charge < -0.3 is 19.6 Å². The van der Waals surface area contributed by atoms with Crippen molar-refractivity contribution in [3.8, 4) is 0 Å². The summed E-state index contributed by atoms with van der Waals surface area (Å²) in [6, 6.07) is 0. The van der Waals surface area contributed by atoms with Crippen molar-refractivity contribution in [2.24, 2.45) is 0 Å². The van der Waals surface area contributed by atoms with E-state index in [1.165, 1.54) is 6.92 Å². The summed E-state index contributed by atoms with van der Waals surface area (Å²) in [6.45, 7) is 8.53. The van der Waals surface area contributed by atoms with Gasteiger partial charge in [-0.3, -0.25) is 0 Å². The highest BCUT2D eigenvalue weighted by Crippen LogP contribution is 2.23. The van der Waals surface area contributed by atoms with E-state index in [-0.39, 0.29) is 29.1 Å². The number of ether oxygens (including phenoxy) is 2. The molecular weight excluding hydrogens is 290 g/mol. The van der Waals surface area contributed by atoms with E-state index in [1.54, 1.807) is 20.8 Å². The third kappa shape index (κ3) is 4.09. The number of hydrogen-bond acceptors (Lipinski definition) is 5. The van der Waals surface area contributed by atoms with Crippen LogP contribution in [-0.4, -0.2) is 40.2 Å². The summed E-state index contributed by atoms with van der Waals surface area (Å²) in [4.78, 5) is 37.9. The van der Waals surface area contributed by atoms with Crippen molar-refractivity contribution in [3.05, 3.63) is 22.5 Å². The number of nitrogens with one attached hydrogen (secondary N) is 1. The van der Waals surface area contributed by atoms with Crippen LogP contribution >= 0.6 is 0 Å². The van der Waals surface area contributed by atoms with Crippen molar-refractivity contribution in [2.75, 3.05) is 6.61 Å². The molecule has 1 aromatic rings. The highest BCUT2D eigenvalue weighted by atomic mass is 16.6. The molecule has 7 nitrogen and oxygen atoms in total. The van der Waals surface area contributed by atoms with Crippen molar-refractivity contribution in [3.63, 3.8) is 0 Å². The number of carboxylic acid groups (broad SMARTS) is 1. The van der Waals surface area contributed by atoms with E-state index < -0.39 is 23.5 Å². The maximum absolute atomic E-state index is 12.2. The minimum absolute atomic E-state index is 0.0493. The van der Waals surface area contributed by atoms with Crippen LogP contribution in [-0.2, 0) is 9.47 Å². The molecule has 0 unspecified atom stereocenters. The van der Waals surface area contributed by atoms with Gasteiger partial charge in [0.15, 0.2) is 0 Å². The van der Waals surface area contributed by atoms with Crippen molar-refractivity contribution in [1.82, 2.24) is 4.98 Å². The molecule has 122 valence electrons. The standard InChI is InChI=1S/C15H21NO6/c1-6-7-21-14(20)10-8(2)9(11(16-10)12(17)18)13(19)22-15(3,4)5/h16H,6-7H2,1-5H3,(H,17,18). The quantitative estimate of drug-likeness (QED) is 0.809. The lowest BCUT2D eigenvalue weighted by molar-refractivity contribution is 0.00652. The highest BCUT2D eigenvalue weighted by Gasteiger charge is 2.30. The van der Waals surface area contributed by atoms with Crippen molar-refractivity contribution < 1.29 is 29.0 Å². The number of rotatable bonds is 5. The van der Waals surface area contributed by atoms with Crippen LogP contribution in [0.25, 0.3) is 0 Å². The van der Waals surface area contributed by atoms with Crippen LogP contribution in [0.2, 0.25) is 0 Å². The fourth-order valence-electron chi connectivity index (χ4n) is 1.81. The second-order valence-corrected chi connectivity index (χ2v) is 5.82. The molecule has 22 heavy (non-hydrogen) atoms. The summed E-state index contributed by atoms with van der Waals surface area (Å²) >= 11 is 0. The monoisotopic (exact) mass is 311 g/mol. The van der Waals surface area contributed by atoms with Crippen LogP contribution in [0.4, 0.5) is 0 Å². The van der Waals surface area contributed by atoms with Gasteiger partial charge in [-0.15, -0.1) is 0 Å². The van der Waals surface area contributed by atoms with Crippen molar-refractivity contribution in [1.29, 1.82) is 0 Å². The van der Waals surface area contributed by atoms with Crippen molar-refractivity contribution >= 4 is 17.9 Å². The summed E-state index contributed by atoms with van der Waals surface area (Å²) in [5, 5.41) is 9.22. The number of carbonyl (C=O) groups is 3. The molecule has 7 heteroatoms. The molecule has 0 aliphatic heterocycles. The third-order valence-electron chi connectivity index (χ3n) is 2.71. The maximum Gasteiger partial charge on any atom is 0.355 e. The molecular formula is C15H21NO6. The Morgan fingerprint density at radius 3 is 2.18 bits per heavy atom. The van der Waals surface area contributed by atoms with E-state index in [0.717, 1.165) is 0 Å². The van der Waals surface area contributed by atoms with Gasteiger partial charge >= 0.3 is 17.9 Å². The number of hydrogen-bond donors (Lipinski definition) is 2. The van der Waals surface area contributed by atoms with Crippen LogP contribution in [0, 0.1) is 6.92 Å². The van der Waals surface area contributed by atoms with Crippen molar-refractivity contribution in [2.45, 2.75) is 46.6 Å². The summed E-state index contributed by atoms with van der Waals surface area (Å²) in [7, 11) is 0. The number of H-pyrrole nitrogens is 1. The molecule has 2 N–H and O–H groups in total. The highest BCUT2D eigenvalue weighted by molar-refractivity contribution is 6.06. The predicted molar refractivity (Wildman–Crippen MR) is 78.2 cm³/mol. The summed E-state index contributed by atoms with van der Waals surface area (Å²) in [5.41, 5.74) is -1.17. The molecule has 0 fully saturated rings. The summed E-state index contributed by atoms with van der Waals surface area (Å²) < 4.78 is 10.2. The first-order valence-corrected chi connectivity index (χ1v) is 6.94. The fraction of sp³-hybridized carbons (Fsp3) is 0.533. The summed E-state index contributed by atoms with van der Waals surface area (Å²) in [5.74, 6) is -2.84. The molecule has 0 spiro atoms. The molecule has 1 heterocycles. The topological polar surface area (TPSA) is 106 Å². The molecule has 0 radical (unpaired) electrons. The average molecular weight is 311 g/mol. The molecule has 0 aliphatic rings. The van der Waals surface area contributed by atoms with Gasteiger partial charge in [0.2, 0.25) is 0 Å². The molecule has 0 amide bonds. The van der Waals surface area contributed by atoms with Crippen LogP contribution in [0.15, 0.2) is 0 Å². The van der Waals surface area contributed by atoms with Gasteiger partial charge in [-0.05, 0) is 39.7 Å². The zero-order valence-corrected chi connectivity index (χ0v) is 13.4. The molecule has 0 aromatic carbocycles. The van der Waals surface area contributed by atoms with Gasteiger partial charge in [0.25, 0.3) is 0 Å². The first-order chi connectivity index (χ1) is 10.1. The van der Waals surface area contributed by atoms with Gasteiger partial charge in [-0.2, -0.15) is 0 Å². The Hall–Kier alpha value is -2.31. The molecule has 0 bridgehead atoms. The van der Waals surface area contributed by atoms with Gasteiger partial charge in [0.05, 0.1) is 12.2 Å². The van der Waals surface area contributed by atoms with Crippen LogP contribution in [0.5, 0.6) is 0 Å². The largest absolute Gasteiger partial charge is 0.477 e. The van der Waals surface area contributed by atoms with Gasteiger partial charge in [-0.1, -0.05) is 6.92 Å². The average Bonchev–Trinajstić information content (AvgIpc) is 2.72. The van der Waals surface area contributed by atoms with Crippen LogP contribution < -0.4 is 0 Å². The molecule has 1 aromatic heterocycles. The number of aromatic amines is 1. The predicted octanol–water partition coefficient (Wildman–Crippen LogP) is 2.54. The smallest absolute Gasteiger partial charge is 0.355 e. The Kier molecular flexibility index (Phi) is 5.35. The van der Waals surface area contributed by atoms with Gasteiger partial charge in [-0.25, -0.2) is 14.4 Å². The van der Waals surface area contributed by atoms with Crippen LogP contribution in [0.1, 0.15) is 71.0 Å². The minimum Gasteiger partial charge on any atom is -0.477 e. The van der Waals surface area contributed by atoms with Gasteiger partial charge in [0.1, 0.15) is 17.0 Å². The van der Waals surface area contributed by atoms with E-state index in [1.807, 2.05) is 6.92 Å². The molecule has 0 atom stereocenters. The Morgan fingerprint density at radius 1 is 1.14 bits per heavy atom. The maximum atomic E-state index is 12.2. The van der Waals surface area contributed by atoms with E-state index in [9.17, 15) is 19.5 Å². The molecule has 0 saturated carbocycles. The first-order valence-electron chi connectivity index (χ1n) is 6.94. The second-order valence-electron chi connectivity index (χ2n) is 5.82. The zero-order chi connectivity index (χ0) is 17.1. The van der Waals surface area contributed by atoms with E-state index in [0.29, 0.717) is 6.42 Å². The third-order valence-corrected chi connectivity index (χ3v) is 2.71. The fourth-order valence-corrected chi connectivity index (χ4v) is 1.81.